The second-order valence-corrected chi connectivity index (χ2v) is 5.90. The van der Waals surface area contributed by atoms with Gasteiger partial charge in [0, 0.05) is 0 Å². The number of methoxy groups -OCH3 is 1. The van der Waals surface area contributed by atoms with Gasteiger partial charge in [-0.25, -0.2) is 18.5 Å². The largest absolute Gasteiger partial charge is 0.496 e. The van der Waals surface area contributed by atoms with Crippen LogP contribution in [0.15, 0.2) is 51.8 Å². The summed E-state index contributed by atoms with van der Waals surface area (Å²) in [5, 5.41) is 5.19. The van der Waals surface area contributed by atoms with E-state index in [9.17, 15) is 8.42 Å². The molecule has 1 heterocycles. The van der Waals surface area contributed by atoms with Crippen molar-refractivity contribution in [2.75, 3.05) is 7.11 Å². The van der Waals surface area contributed by atoms with Crippen molar-refractivity contribution in [1.29, 1.82) is 0 Å². The zero-order chi connectivity index (χ0) is 15.0. The average Bonchev–Trinajstić information content (AvgIpc) is 2.89. The maximum atomic E-state index is 11.6. The van der Waals surface area contributed by atoms with Gasteiger partial charge in [0.05, 0.1) is 12.7 Å². The van der Waals surface area contributed by atoms with Gasteiger partial charge in [-0.15, -0.1) is 0 Å². The molecule has 0 radical (unpaired) electrons. The fourth-order valence-electron chi connectivity index (χ4n) is 2.09. The van der Waals surface area contributed by atoms with Crippen molar-refractivity contribution in [3.8, 4) is 17.2 Å². The maximum Gasteiger partial charge on any atom is 0.240 e. The number of hydrogen-bond donors (Lipinski definition) is 1. The van der Waals surface area contributed by atoms with E-state index in [0.29, 0.717) is 16.9 Å². The lowest BCUT2D eigenvalue weighted by Gasteiger charge is -2.03. The van der Waals surface area contributed by atoms with Crippen molar-refractivity contribution >= 4 is 21.1 Å². The average molecular weight is 304 g/mol. The standard InChI is InChI=1S/C14H12N2O4S/c1-19-10-6-3-2-5-9(10)14-16-13-11(20-14)7-4-8-12(13)21(15,17)18/h2-8H,1H3,(H2,15,17,18). The molecule has 1 aromatic heterocycles. The van der Waals surface area contributed by atoms with Gasteiger partial charge in [-0.3, -0.25) is 0 Å². The Balaban J connectivity index is 2.27. The molecule has 0 spiro atoms. The van der Waals surface area contributed by atoms with Gasteiger partial charge in [-0.1, -0.05) is 18.2 Å². The van der Waals surface area contributed by atoms with Gasteiger partial charge in [0.15, 0.2) is 5.58 Å². The number of rotatable bonds is 3. The number of hydrogen-bond acceptors (Lipinski definition) is 5. The number of sulfonamides is 1. The summed E-state index contributed by atoms with van der Waals surface area (Å²) in [6.45, 7) is 0. The zero-order valence-corrected chi connectivity index (χ0v) is 11.9. The third-order valence-electron chi connectivity index (χ3n) is 3.03. The molecule has 0 amide bonds. The van der Waals surface area contributed by atoms with Gasteiger partial charge in [0.25, 0.3) is 0 Å². The molecule has 2 N–H and O–H groups in total. The summed E-state index contributed by atoms with van der Waals surface area (Å²) in [5.41, 5.74) is 1.19. The molecule has 0 saturated heterocycles. The Hall–Kier alpha value is -2.38. The number of ether oxygens (including phenoxy) is 1. The highest BCUT2D eigenvalue weighted by atomic mass is 32.2. The van der Waals surface area contributed by atoms with Crippen molar-refractivity contribution in [1.82, 2.24) is 4.98 Å². The van der Waals surface area contributed by atoms with E-state index in [1.54, 1.807) is 24.3 Å². The number of oxazole rings is 1. The van der Waals surface area contributed by atoms with Gasteiger partial charge in [0.2, 0.25) is 15.9 Å². The van der Waals surface area contributed by atoms with Gasteiger partial charge in [-0.05, 0) is 24.3 Å². The van der Waals surface area contributed by atoms with Crippen LogP contribution in [0.5, 0.6) is 5.75 Å². The summed E-state index contributed by atoms with van der Waals surface area (Å²) in [6, 6.07) is 11.8. The minimum Gasteiger partial charge on any atom is -0.496 e. The Morgan fingerprint density at radius 3 is 2.62 bits per heavy atom. The molecule has 0 bridgehead atoms. The molecule has 2 aromatic carbocycles. The number of nitrogens with zero attached hydrogens (tertiary/aromatic N) is 1. The van der Waals surface area contributed by atoms with E-state index in [-0.39, 0.29) is 16.3 Å². The van der Waals surface area contributed by atoms with Crippen LogP contribution in [-0.2, 0) is 10.0 Å². The van der Waals surface area contributed by atoms with Crippen LogP contribution < -0.4 is 9.88 Å². The van der Waals surface area contributed by atoms with Crippen LogP contribution in [0.25, 0.3) is 22.6 Å². The predicted molar refractivity (Wildman–Crippen MR) is 77.4 cm³/mol. The SMILES string of the molecule is COc1ccccc1-c1nc2c(S(N)(=O)=O)cccc2o1. The van der Waals surface area contributed by atoms with E-state index < -0.39 is 10.0 Å². The summed E-state index contributed by atoms with van der Waals surface area (Å²) in [7, 11) is -2.33. The lowest BCUT2D eigenvalue weighted by Crippen LogP contribution is -2.12. The van der Waals surface area contributed by atoms with E-state index in [1.165, 1.54) is 13.2 Å². The van der Waals surface area contributed by atoms with Gasteiger partial charge in [-0.2, -0.15) is 0 Å². The van der Waals surface area contributed by atoms with Crippen molar-refractivity contribution in [3.05, 3.63) is 42.5 Å². The first kappa shape index (κ1) is 13.6. The van der Waals surface area contributed by atoms with Crippen LogP contribution in [0.2, 0.25) is 0 Å². The summed E-state index contributed by atoms with van der Waals surface area (Å²) in [6.07, 6.45) is 0. The van der Waals surface area contributed by atoms with Gasteiger partial charge >= 0.3 is 0 Å². The first-order chi connectivity index (χ1) is 10.0. The highest BCUT2D eigenvalue weighted by Gasteiger charge is 2.19. The Bertz CT molecular complexity index is 916. The van der Waals surface area contributed by atoms with Crippen LogP contribution in [-0.4, -0.2) is 20.5 Å². The molecular formula is C14H12N2O4S. The number of fused-ring (bicyclic) bond motifs is 1. The minimum atomic E-state index is -3.87. The predicted octanol–water partition coefficient (Wildman–Crippen LogP) is 2.15. The smallest absolute Gasteiger partial charge is 0.240 e. The molecule has 3 aromatic rings. The molecule has 0 fully saturated rings. The number of aromatic nitrogens is 1. The number of para-hydroxylation sites is 2. The van der Waals surface area contributed by atoms with E-state index in [1.807, 2.05) is 12.1 Å². The molecule has 0 unspecified atom stereocenters. The fraction of sp³-hybridized carbons (Fsp3) is 0.0714. The second-order valence-electron chi connectivity index (χ2n) is 4.37. The van der Waals surface area contributed by atoms with E-state index >= 15 is 0 Å². The summed E-state index contributed by atoms with van der Waals surface area (Å²) in [4.78, 5) is 4.19. The molecule has 0 aliphatic rings. The molecule has 0 atom stereocenters. The van der Waals surface area contributed by atoms with Gasteiger partial charge < -0.3 is 9.15 Å². The lowest BCUT2D eigenvalue weighted by molar-refractivity contribution is 0.414. The monoisotopic (exact) mass is 304 g/mol. The third kappa shape index (κ3) is 2.37. The van der Waals surface area contributed by atoms with Crippen LogP contribution in [0.1, 0.15) is 0 Å². The van der Waals surface area contributed by atoms with Crippen molar-refractivity contribution in [3.63, 3.8) is 0 Å². The first-order valence-electron chi connectivity index (χ1n) is 6.06. The Morgan fingerprint density at radius 2 is 1.90 bits per heavy atom. The Morgan fingerprint density at radius 1 is 1.14 bits per heavy atom. The lowest BCUT2D eigenvalue weighted by atomic mass is 10.2. The summed E-state index contributed by atoms with van der Waals surface area (Å²) >= 11 is 0. The zero-order valence-electron chi connectivity index (χ0n) is 11.1. The summed E-state index contributed by atoms with van der Waals surface area (Å²) in [5.74, 6) is 0.861. The second kappa shape index (κ2) is 4.87. The molecule has 7 heteroatoms. The molecule has 0 aliphatic heterocycles. The van der Waals surface area contributed by atoms with Crippen LogP contribution in [0.3, 0.4) is 0 Å². The molecule has 0 aliphatic carbocycles. The fourth-order valence-corrected chi connectivity index (χ4v) is 2.77. The maximum absolute atomic E-state index is 11.6. The molecule has 6 nitrogen and oxygen atoms in total. The van der Waals surface area contributed by atoms with Crippen molar-refractivity contribution < 1.29 is 17.6 Å². The van der Waals surface area contributed by atoms with E-state index in [4.69, 9.17) is 14.3 Å². The first-order valence-corrected chi connectivity index (χ1v) is 7.61. The van der Waals surface area contributed by atoms with Gasteiger partial charge in [0.1, 0.15) is 16.2 Å². The number of primary sulfonamides is 1. The van der Waals surface area contributed by atoms with Crippen LogP contribution in [0.4, 0.5) is 0 Å². The Labute approximate surface area is 121 Å². The molecule has 21 heavy (non-hydrogen) atoms. The third-order valence-corrected chi connectivity index (χ3v) is 3.97. The molecule has 108 valence electrons. The van der Waals surface area contributed by atoms with E-state index in [2.05, 4.69) is 4.98 Å². The van der Waals surface area contributed by atoms with Crippen molar-refractivity contribution in [2.45, 2.75) is 4.90 Å². The van der Waals surface area contributed by atoms with Crippen LogP contribution >= 0.6 is 0 Å². The quantitative estimate of drug-likeness (QED) is 0.800. The summed E-state index contributed by atoms with van der Waals surface area (Å²) < 4.78 is 34.0. The Kier molecular flexibility index (Phi) is 3.15. The van der Waals surface area contributed by atoms with Crippen LogP contribution in [0, 0.1) is 0 Å². The minimum absolute atomic E-state index is 0.0649. The topological polar surface area (TPSA) is 95.4 Å². The number of benzene rings is 2. The normalized spacial score (nSPS) is 11.7. The molecule has 3 rings (SSSR count). The molecular weight excluding hydrogens is 292 g/mol. The van der Waals surface area contributed by atoms with Crippen molar-refractivity contribution in [2.24, 2.45) is 5.14 Å². The highest BCUT2D eigenvalue weighted by Crippen LogP contribution is 2.32. The number of nitrogens with two attached hydrogens (primary N) is 1. The molecule has 0 saturated carbocycles. The highest BCUT2D eigenvalue weighted by molar-refractivity contribution is 7.89. The van der Waals surface area contributed by atoms with E-state index in [0.717, 1.165) is 0 Å².